The molecule has 4 nitrogen and oxygen atoms in total. The summed E-state index contributed by atoms with van der Waals surface area (Å²) in [5.74, 6) is 0.147. The van der Waals surface area contributed by atoms with Gasteiger partial charge in [-0.2, -0.15) is 8.78 Å². The van der Waals surface area contributed by atoms with E-state index in [2.05, 4.69) is 9.72 Å². The van der Waals surface area contributed by atoms with E-state index in [1.54, 1.807) is 18.3 Å². The highest BCUT2D eigenvalue weighted by atomic mass is 19.3. The molecule has 0 aliphatic carbocycles. The summed E-state index contributed by atoms with van der Waals surface area (Å²) in [5, 5.41) is 0.911. The number of fused-ring (bicyclic) bond motifs is 1. The molecule has 6 heteroatoms. The molecule has 1 heterocycles. The number of aromatic amines is 1. The molecular formula is C19H18F2N2O2. The van der Waals surface area contributed by atoms with Crippen molar-refractivity contribution in [3.8, 4) is 5.75 Å². The number of nitrogens with one attached hydrogen (secondary N) is 1. The highest BCUT2D eigenvalue weighted by molar-refractivity contribution is 6.08. The van der Waals surface area contributed by atoms with Gasteiger partial charge in [0.2, 0.25) is 0 Å². The second-order valence-electron chi connectivity index (χ2n) is 5.87. The highest BCUT2D eigenvalue weighted by Gasteiger charge is 2.14. The number of ketones is 1. The molecule has 0 unspecified atom stereocenters. The standard InChI is InChI=1S/C19H18F2N2O2/c1-23(11-13-6-8-14(9-7-13)25-19(20)21)12-18(24)16-10-22-17-5-3-2-4-15(16)17/h2-10,19,22H,11-12H2,1H3. The predicted molar refractivity (Wildman–Crippen MR) is 92.0 cm³/mol. The van der Waals surface area contributed by atoms with Gasteiger partial charge in [0, 0.05) is 29.2 Å². The van der Waals surface area contributed by atoms with Crippen LogP contribution in [0.25, 0.3) is 10.9 Å². The maximum Gasteiger partial charge on any atom is 0.387 e. The third-order valence-electron chi connectivity index (χ3n) is 3.90. The molecule has 0 aliphatic rings. The number of nitrogens with zero attached hydrogens (tertiary/aromatic N) is 1. The summed E-state index contributed by atoms with van der Waals surface area (Å²) in [5.41, 5.74) is 2.52. The first kappa shape index (κ1) is 17.1. The number of alkyl halides is 2. The molecule has 0 atom stereocenters. The molecule has 0 spiro atoms. The number of hydrogen-bond acceptors (Lipinski definition) is 3. The van der Waals surface area contributed by atoms with Crippen molar-refractivity contribution in [1.82, 2.24) is 9.88 Å². The van der Waals surface area contributed by atoms with Crippen LogP contribution in [0.5, 0.6) is 5.75 Å². The van der Waals surface area contributed by atoms with Crippen molar-refractivity contribution < 1.29 is 18.3 Å². The van der Waals surface area contributed by atoms with Gasteiger partial charge in [0.05, 0.1) is 6.54 Å². The number of rotatable bonds is 7. The normalized spacial score (nSPS) is 11.4. The van der Waals surface area contributed by atoms with Crippen LogP contribution in [0.15, 0.2) is 54.7 Å². The average Bonchev–Trinajstić information content (AvgIpc) is 3.00. The molecule has 0 amide bonds. The van der Waals surface area contributed by atoms with Crippen molar-refractivity contribution in [1.29, 1.82) is 0 Å². The zero-order valence-corrected chi connectivity index (χ0v) is 13.7. The monoisotopic (exact) mass is 344 g/mol. The van der Waals surface area contributed by atoms with Gasteiger partial charge in [-0.05, 0) is 30.8 Å². The lowest BCUT2D eigenvalue weighted by Gasteiger charge is -2.16. The summed E-state index contributed by atoms with van der Waals surface area (Å²) < 4.78 is 28.6. The van der Waals surface area contributed by atoms with Gasteiger partial charge >= 0.3 is 6.61 Å². The summed E-state index contributed by atoms with van der Waals surface area (Å²) in [6.07, 6.45) is 1.73. The predicted octanol–water partition coefficient (Wildman–Crippen LogP) is 4.08. The molecule has 1 N–H and O–H groups in total. The Balaban J connectivity index is 1.62. The molecule has 0 bridgehead atoms. The Bertz CT molecular complexity index is 859. The van der Waals surface area contributed by atoms with Crippen LogP contribution >= 0.6 is 0 Å². The summed E-state index contributed by atoms with van der Waals surface area (Å²) in [6, 6.07) is 14.1. The second kappa shape index (κ2) is 7.44. The van der Waals surface area contributed by atoms with Gasteiger partial charge in [0.15, 0.2) is 5.78 Å². The summed E-state index contributed by atoms with van der Waals surface area (Å²) in [7, 11) is 1.84. The Morgan fingerprint density at radius 2 is 1.88 bits per heavy atom. The van der Waals surface area contributed by atoms with Crippen molar-refractivity contribution in [2.24, 2.45) is 0 Å². The van der Waals surface area contributed by atoms with Gasteiger partial charge in [-0.3, -0.25) is 9.69 Å². The second-order valence-corrected chi connectivity index (χ2v) is 5.87. The third kappa shape index (κ3) is 4.22. The van der Waals surface area contributed by atoms with Crippen LogP contribution in [0.3, 0.4) is 0 Å². The summed E-state index contributed by atoms with van der Waals surface area (Å²) in [4.78, 5) is 17.5. The minimum absolute atomic E-state index is 0.0256. The average molecular weight is 344 g/mol. The van der Waals surface area contributed by atoms with Crippen molar-refractivity contribution >= 4 is 16.7 Å². The number of H-pyrrole nitrogens is 1. The first-order valence-electron chi connectivity index (χ1n) is 7.84. The van der Waals surface area contributed by atoms with Crippen molar-refractivity contribution in [3.05, 3.63) is 65.9 Å². The van der Waals surface area contributed by atoms with Gasteiger partial charge in [0.1, 0.15) is 5.75 Å². The molecule has 0 fully saturated rings. The van der Waals surface area contributed by atoms with Crippen LogP contribution in [-0.2, 0) is 6.54 Å². The van der Waals surface area contributed by atoms with E-state index in [4.69, 9.17) is 0 Å². The molecule has 0 saturated heterocycles. The number of para-hydroxylation sites is 1. The molecule has 0 aliphatic heterocycles. The van der Waals surface area contributed by atoms with E-state index in [1.807, 2.05) is 36.2 Å². The fourth-order valence-corrected chi connectivity index (χ4v) is 2.78. The Hall–Kier alpha value is -2.73. The number of ether oxygens (including phenoxy) is 1. The van der Waals surface area contributed by atoms with E-state index in [-0.39, 0.29) is 18.1 Å². The lowest BCUT2D eigenvalue weighted by Crippen LogP contribution is -2.25. The topological polar surface area (TPSA) is 45.3 Å². The van der Waals surface area contributed by atoms with Gasteiger partial charge in [-0.25, -0.2) is 0 Å². The molecule has 3 aromatic rings. The first-order valence-corrected chi connectivity index (χ1v) is 7.84. The number of Topliss-reactive ketones (excluding diaryl/α,β-unsaturated/α-hetero) is 1. The number of hydrogen-bond donors (Lipinski definition) is 1. The molecular weight excluding hydrogens is 326 g/mol. The summed E-state index contributed by atoms with van der Waals surface area (Å²) >= 11 is 0. The maximum atomic E-state index is 12.5. The lowest BCUT2D eigenvalue weighted by atomic mass is 10.1. The van der Waals surface area contributed by atoms with Gasteiger partial charge < -0.3 is 9.72 Å². The molecule has 2 aromatic carbocycles. The Morgan fingerprint density at radius 1 is 1.16 bits per heavy atom. The van der Waals surface area contributed by atoms with Crippen molar-refractivity contribution in [3.63, 3.8) is 0 Å². The molecule has 0 saturated carbocycles. The maximum absolute atomic E-state index is 12.5. The molecule has 3 rings (SSSR count). The quantitative estimate of drug-likeness (QED) is 0.657. The highest BCUT2D eigenvalue weighted by Crippen LogP contribution is 2.19. The van der Waals surface area contributed by atoms with E-state index < -0.39 is 6.61 Å². The van der Waals surface area contributed by atoms with Gasteiger partial charge in [-0.1, -0.05) is 30.3 Å². The first-order chi connectivity index (χ1) is 12.0. The minimum Gasteiger partial charge on any atom is -0.435 e. The Labute approximate surface area is 144 Å². The van der Waals surface area contributed by atoms with E-state index >= 15 is 0 Å². The van der Waals surface area contributed by atoms with Crippen molar-refractivity contribution in [2.45, 2.75) is 13.2 Å². The van der Waals surface area contributed by atoms with E-state index in [0.717, 1.165) is 16.5 Å². The van der Waals surface area contributed by atoms with Crippen LogP contribution in [0, 0.1) is 0 Å². The SMILES string of the molecule is CN(CC(=O)c1c[nH]c2ccccc12)Cc1ccc(OC(F)F)cc1. The van der Waals surface area contributed by atoms with Crippen LogP contribution in [0.4, 0.5) is 8.78 Å². The van der Waals surface area contributed by atoms with Crippen molar-refractivity contribution in [2.75, 3.05) is 13.6 Å². The van der Waals surface area contributed by atoms with Crippen LogP contribution in [0.2, 0.25) is 0 Å². The molecule has 130 valence electrons. The molecule has 0 radical (unpaired) electrons. The van der Waals surface area contributed by atoms with E-state index in [1.165, 1.54) is 12.1 Å². The fourth-order valence-electron chi connectivity index (χ4n) is 2.78. The van der Waals surface area contributed by atoms with E-state index in [9.17, 15) is 13.6 Å². The largest absolute Gasteiger partial charge is 0.435 e. The number of benzene rings is 2. The number of halogens is 2. The number of likely N-dealkylation sites (N-methyl/N-ethyl adjacent to an activating group) is 1. The van der Waals surface area contributed by atoms with Gasteiger partial charge in [-0.15, -0.1) is 0 Å². The Morgan fingerprint density at radius 3 is 2.60 bits per heavy atom. The zero-order valence-electron chi connectivity index (χ0n) is 13.7. The van der Waals surface area contributed by atoms with Gasteiger partial charge in [0.25, 0.3) is 0 Å². The van der Waals surface area contributed by atoms with Crippen LogP contribution in [-0.4, -0.2) is 35.9 Å². The molecule has 1 aromatic heterocycles. The number of carbonyl (C=O) groups excluding carboxylic acids is 1. The zero-order chi connectivity index (χ0) is 17.8. The molecule has 25 heavy (non-hydrogen) atoms. The third-order valence-corrected chi connectivity index (χ3v) is 3.90. The number of aromatic nitrogens is 1. The van der Waals surface area contributed by atoms with Crippen LogP contribution in [0.1, 0.15) is 15.9 Å². The number of carbonyl (C=O) groups is 1. The summed E-state index contributed by atoms with van der Waals surface area (Å²) in [6.45, 7) is -2.04. The van der Waals surface area contributed by atoms with E-state index in [0.29, 0.717) is 12.1 Å². The minimum atomic E-state index is -2.83. The fraction of sp³-hybridized carbons (Fsp3) is 0.211. The van der Waals surface area contributed by atoms with Crippen LogP contribution < -0.4 is 4.74 Å². The Kier molecular flexibility index (Phi) is 5.09. The smallest absolute Gasteiger partial charge is 0.387 e. The lowest BCUT2D eigenvalue weighted by molar-refractivity contribution is -0.0498.